The van der Waals surface area contributed by atoms with E-state index in [0.717, 1.165) is 41.1 Å². The molecule has 0 spiro atoms. The van der Waals surface area contributed by atoms with Crippen LogP contribution in [0.2, 0.25) is 5.02 Å². The van der Waals surface area contributed by atoms with E-state index in [1.54, 1.807) is 0 Å². The predicted molar refractivity (Wildman–Crippen MR) is 99.7 cm³/mol. The highest BCUT2D eigenvalue weighted by atomic mass is 79.9. The number of aryl methyl sites for hydroxylation is 2. The van der Waals surface area contributed by atoms with E-state index >= 15 is 0 Å². The normalized spacial score (nSPS) is 10.5. The molecule has 118 valence electrons. The molecule has 1 heterocycles. The van der Waals surface area contributed by atoms with Gasteiger partial charge >= 0.3 is 0 Å². The molecule has 0 aliphatic rings. The zero-order valence-electron chi connectivity index (χ0n) is 12.5. The van der Waals surface area contributed by atoms with Gasteiger partial charge in [0.2, 0.25) is 0 Å². The SMILES string of the molecule is Cc1nn(CCCNC(=S)Nc2ccc(Cl)cc2)c(C)c1Br. The highest BCUT2D eigenvalue weighted by Crippen LogP contribution is 2.19. The van der Waals surface area contributed by atoms with Crippen LogP contribution in [-0.2, 0) is 6.54 Å². The van der Waals surface area contributed by atoms with Gasteiger partial charge in [0.1, 0.15) is 0 Å². The quantitative estimate of drug-likeness (QED) is 0.579. The Labute approximate surface area is 149 Å². The van der Waals surface area contributed by atoms with Crippen molar-refractivity contribution in [3.63, 3.8) is 0 Å². The van der Waals surface area contributed by atoms with Crippen LogP contribution in [-0.4, -0.2) is 21.4 Å². The number of thiocarbonyl (C=S) groups is 1. The molecule has 0 atom stereocenters. The fourth-order valence-electron chi connectivity index (χ4n) is 2.03. The predicted octanol–water partition coefficient (Wildman–Crippen LogP) is 4.29. The molecule has 2 N–H and O–H groups in total. The first-order chi connectivity index (χ1) is 10.5. The molecule has 2 aromatic rings. The lowest BCUT2D eigenvalue weighted by molar-refractivity contribution is 0.558. The van der Waals surface area contributed by atoms with Gasteiger partial charge in [-0.2, -0.15) is 5.10 Å². The van der Waals surface area contributed by atoms with Crippen molar-refractivity contribution >= 4 is 50.5 Å². The first-order valence-corrected chi connectivity index (χ1v) is 8.55. The minimum atomic E-state index is 0.608. The van der Waals surface area contributed by atoms with Gasteiger partial charge in [-0.05, 0) is 72.7 Å². The minimum Gasteiger partial charge on any atom is -0.362 e. The molecule has 0 bridgehead atoms. The summed E-state index contributed by atoms with van der Waals surface area (Å²) >= 11 is 14.6. The van der Waals surface area contributed by atoms with Crippen molar-refractivity contribution in [1.82, 2.24) is 15.1 Å². The topological polar surface area (TPSA) is 41.9 Å². The molecular formula is C15H18BrClN4S. The summed E-state index contributed by atoms with van der Waals surface area (Å²) in [4.78, 5) is 0. The van der Waals surface area contributed by atoms with Crippen LogP contribution in [0.1, 0.15) is 17.8 Å². The lowest BCUT2D eigenvalue weighted by Crippen LogP contribution is -2.29. The third kappa shape index (κ3) is 4.69. The van der Waals surface area contributed by atoms with Crippen molar-refractivity contribution in [3.8, 4) is 0 Å². The van der Waals surface area contributed by atoms with Crippen LogP contribution in [0, 0.1) is 13.8 Å². The molecule has 0 fully saturated rings. The summed E-state index contributed by atoms with van der Waals surface area (Å²) < 4.78 is 3.09. The van der Waals surface area contributed by atoms with Crippen LogP contribution in [0.25, 0.3) is 0 Å². The van der Waals surface area contributed by atoms with Gasteiger partial charge in [-0.25, -0.2) is 0 Å². The molecule has 0 saturated carbocycles. The maximum absolute atomic E-state index is 5.85. The fraction of sp³-hybridized carbons (Fsp3) is 0.333. The van der Waals surface area contributed by atoms with Crippen LogP contribution in [0.5, 0.6) is 0 Å². The van der Waals surface area contributed by atoms with E-state index in [9.17, 15) is 0 Å². The summed E-state index contributed by atoms with van der Waals surface area (Å²) in [6, 6.07) is 7.44. The van der Waals surface area contributed by atoms with Crippen LogP contribution >= 0.6 is 39.7 Å². The number of halogens is 2. The van der Waals surface area contributed by atoms with Crippen molar-refractivity contribution in [3.05, 3.63) is 45.1 Å². The van der Waals surface area contributed by atoms with Gasteiger partial charge in [-0.3, -0.25) is 4.68 Å². The Hall–Kier alpha value is -1.11. The maximum Gasteiger partial charge on any atom is 0.170 e. The molecule has 22 heavy (non-hydrogen) atoms. The van der Waals surface area contributed by atoms with Gasteiger partial charge in [-0.15, -0.1) is 0 Å². The molecule has 7 heteroatoms. The zero-order chi connectivity index (χ0) is 16.1. The second-order valence-electron chi connectivity index (χ2n) is 4.95. The van der Waals surface area contributed by atoms with E-state index in [1.807, 2.05) is 35.9 Å². The number of anilines is 1. The molecule has 2 rings (SSSR count). The van der Waals surface area contributed by atoms with E-state index in [1.165, 1.54) is 0 Å². The highest BCUT2D eigenvalue weighted by molar-refractivity contribution is 9.10. The first kappa shape index (κ1) is 17.2. The number of hydrogen-bond acceptors (Lipinski definition) is 2. The molecule has 0 amide bonds. The van der Waals surface area contributed by atoms with E-state index in [2.05, 4.69) is 38.6 Å². The Morgan fingerprint density at radius 1 is 1.32 bits per heavy atom. The van der Waals surface area contributed by atoms with Crippen molar-refractivity contribution in [2.45, 2.75) is 26.8 Å². The minimum absolute atomic E-state index is 0.608. The standard InChI is InChI=1S/C15H18BrClN4S/c1-10-14(16)11(2)21(20-10)9-3-8-18-15(22)19-13-6-4-12(17)5-7-13/h4-7H,3,8-9H2,1-2H3,(H2,18,19,22). The number of nitrogens with zero attached hydrogens (tertiary/aromatic N) is 2. The summed E-state index contributed by atoms with van der Waals surface area (Å²) in [5.74, 6) is 0. The van der Waals surface area contributed by atoms with Crippen molar-refractivity contribution in [1.29, 1.82) is 0 Å². The Balaban J connectivity index is 1.73. The largest absolute Gasteiger partial charge is 0.362 e. The second-order valence-corrected chi connectivity index (χ2v) is 6.59. The Morgan fingerprint density at radius 3 is 2.59 bits per heavy atom. The zero-order valence-corrected chi connectivity index (χ0v) is 15.6. The molecule has 0 aliphatic carbocycles. The molecule has 0 saturated heterocycles. The van der Waals surface area contributed by atoms with Crippen molar-refractivity contribution in [2.75, 3.05) is 11.9 Å². The monoisotopic (exact) mass is 400 g/mol. The van der Waals surface area contributed by atoms with E-state index in [-0.39, 0.29) is 0 Å². The van der Waals surface area contributed by atoms with Gasteiger partial charge in [-0.1, -0.05) is 11.6 Å². The Kier molecular flexibility index (Phi) is 6.23. The van der Waals surface area contributed by atoms with Gasteiger partial charge in [0.25, 0.3) is 0 Å². The number of nitrogens with one attached hydrogen (secondary N) is 2. The van der Waals surface area contributed by atoms with Crippen molar-refractivity contribution < 1.29 is 0 Å². The summed E-state index contributed by atoms with van der Waals surface area (Å²) in [5.41, 5.74) is 3.09. The summed E-state index contributed by atoms with van der Waals surface area (Å²) in [5, 5.41) is 12.1. The average molecular weight is 402 g/mol. The van der Waals surface area contributed by atoms with Gasteiger partial charge in [0.15, 0.2) is 5.11 Å². The number of hydrogen-bond donors (Lipinski definition) is 2. The third-order valence-electron chi connectivity index (χ3n) is 3.23. The smallest absolute Gasteiger partial charge is 0.170 e. The van der Waals surface area contributed by atoms with E-state index in [4.69, 9.17) is 23.8 Å². The van der Waals surface area contributed by atoms with Crippen LogP contribution in [0.15, 0.2) is 28.7 Å². The van der Waals surface area contributed by atoms with Crippen LogP contribution in [0.3, 0.4) is 0 Å². The molecule has 0 aliphatic heterocycles. The number of rotatable bonds is 5. The molecule has 1 aromatic carbocycles. The fourth-order valence-corrected chi connectivity index (χ4v) is 2.66. The first-order valence-electron chi connectivity index (χ1n) is 6.97. The third-order valence-corrected chi connectivity index (χ3v) is 4.87. The number of aromatic nitrogens is 2. The molecule has 0 radical (unpaired) electrons. The second kappa shape index (κ2) is 7.94. The van der Waals surface area contributed by atoms with E-state index < -0.39 is 0 Å². The molecule has 0 unspecified atom stereocenters. The molecule has 4 nitrogen and oxygen atoms in total. The number of benzene rings is 1. The maximum atomic E-state index is 5.85. The lowest BCUT2D eigenvalue weighted by atomic mass is 10.3. The highest BCUT2D eigenvalue weighted by Gasteiger charge is 2.07. The Bertz CT molecular complexity index is 654. The van der Waals surface area contributed by atoms with Gasteiger partial charge in [0, 0.05) is 29.5 Å². The van der Waals surface area contributed by atoms with Crippen LogP contribution < -0.4 is 10.6 Å². The van der Waals surface area contributed by atoms with Gasteiger partial charge in [0.05, 0.1) is 10.2 Å². The van der Waals surface area contributed by atoms with Crippen LogP contribution in [0.4, 0.5) is 5.69 Å². The Morgan fingerprint density at radius 2 is 2.00 bits per heavy atom. The molecule has 1 aromatic heterocycles. The summed E-state index contributed by atoms with van der Waals surface area (Å²) in [6.07, 6.45) is 0.941. The molecular weight excluding hydrogens is 384 g/mol. The van der Waals surface area contributed by atoms with Crippen molar-refractivity contribution in [2.24, 2.45) is 0 Å². The van der Waals surface area contributed by atoms with E-state index in [0.29, 0.717) is 10.1 Å². The lowest BCUT2D eigenvalue weighted by Gasteiger charge is -2.11. The summed E-state index contributed by atoms with van der Waals surface area (Å²) in [7, 11) is 0. The van der Waals surface area contributed by atoms with Gasteiger partial charge < -0.3 is 10.6 Å². The average Bonchev–Trinajstić information content (AvgIpc) is 2.73. The summed E-state index contributed by atoms with van der Waals surface area (Å²) in [6.45, 7) is 5.70.